The quantitative estimate of drug-likeness (QED) is 0.381. The van der Waals surface area contributed by atoms with Gasteiger partial charge in [-0.15, -0.1) is 20.4 Å². The van der Waals surface area contributed by atoms with Gasteiger partial charge in [0.15, 0.2) is 11.5 Å². The molecule has 2 aromatic carbocycles. The minimum Gasteiger partial charge on any atom is -0.451 e. The molecule has 0 radical (unpaired) electrons. The molecular formula is C22H14N4O4. The Morgan fingerprint density at radius 2 is 0.933 bits per heavy atom. The van der Waals surface area contributed by atoms with Gasteiger partial charge in [0, 0.05) is 10.8 Å². The van der Waals surface area contributed by atoms with Crippen molar-refractivity contribution in [2.24, 2.45) is 0 Å². The molecule has 6 rings (SSSR count). The molecule has 30 heavy (non-hydrogen) atoms. The zero-order valence-electron chi connectivity index (χ0n) is 16.0. The first-order valence-electron chi connectivity index (χ1n) is 9.31. The van der Waals surface area contributed by atoms with E-state index in [0.29, 0.717) is 11.5 Å². The zero-order chi connectivity index (χ0) is 20.2. The second-order valence-electron chi connectivity index (χ2n) is 7.13. The van der Waals surface area contributed by atoms with E-state index >= 15 is 0 Å². The van der Waals surface area contributed by atoms with Gasteiger partial charge in [0.05, 0.1) is 0 Å². The summed E-state index contributed by atoms with van der Waals surface area (Å²) in [5, 5.41) is 18.0. The lowest BCUT2D eigenvalue weighted by molar-refractivity contribution is 0.498. The van der Waals surface area contributed by atoms with Gasteiger partial charge in [-0.3, -0.25) is 0 Å². The Bertz CT molecular complexity index is 1420. The smallest absolute Gasteiger partial charge is 0.306 e. The van der Waals surface area contributed by atoms with Crippen molar-refractivity contribution in [2.45, 2.75) is 13.8 Å². The van der Waals surface area contributed by atoms with E-state index in [-0.39, 0.29) is 23.6 Å². The Labute approximate surface area is 169 Å². The predicted molar refractivity (Wildman–Crippen MR) is 107 cm³/mol. The normalized spacial score (nSPS) is 11.7. The summed E-state index contributed by atoms with van der Waals surface area (Å²) >= 11 is 0. The fraction of sp³-hybridized carbons (Fsp3) is 0.0909. The van der Waals surface area contributed by atoms with Crippen molar-refractivity contribution in [3.63, 3.8) is 0 Å². The van der Waals surface area contributed by atoms with Crippen molar-refractivity contribution in [2.75, 3.05) is 0 Å². The maximum absolute atomic E-state index is 5.80. The van der Waals surface area contributed by atoms with Crippen molar-refractivity contribution in [1.29, 1.82) is 0 Å². The number of hydrogen-bond acceptors (Lipinski definition) is 8. The fourth-order valence-electron chi connectivity index (χ4n) is 3.35. The summed E-state index contributed by atoms with van der Waals surface area (Å²) in [5.74, 6) is 1.62. The van der Waals surface area contributed by atoms with Crippen molar-refractivity contribution in [3.8, 4) is 35.1 Å². The molecule has 0 amide bonds. The van der Waals surface area contributed by atoms with Crippen LogP contribution in [0.25, 0.3) is 57.0 Å². The average Bonchev–Trinajstić information content (AvgIpc) is 3.49. The highest BCUT2D eigenvalue weighted by molar-refractivity contribution is 5.83. The maximum Gasteiger partial charge on any atom is 0.306 e. The van der Waals surface area contributed by atoms with Crippen LogP contribution in [0.5, 0.6) is 0 Å². The molecule has 0 aliphatic carbocycles. The molecule has 0 bridgehead atoms. The molecule has 0 N–H and O–H groups in total. The third-order valence-electron chi connectivity index (χ3n) is 4.80. The van der Waals surface area contributed by atoms with Gasteiger partial charge in [0.2, 0.25) is 0 Å². The first-order valence-corrected chi connectivity index (χ1v) is 9.31. The third-order valence-corrected chi connectivity index (χ3v) is 4.80. The molecule has 0 aliphatic heterocycles. The first kappa shape index (κ1) is 16.7. The summed E-state index contributed by atoms with van der Waals surface area (Å²) in [5.41, 5.74) is 3.77. The number of fused-ring (bicyclic) bond motifs is 2. The SMILES string of the molecule is Cc1ccc2oc(-c3nnc(-c4nnc(-c5cc6cc(C)ccc6o5)o4)o3)cc2c1. The van der Waals surface area contributed by atoms with Crippen LogP contribution in [0.15, 0.2) is 66.2 Å². The van der Waals surface area contributed by atoms with Crippen LogP contribution in [0.3, 0.4) is 0 Å². The Balaban J connectivity index is 1.33. The molecule has 8 nitrogen and oxygen atoms in total. The summed E-state index contributed by atoms with van der Waals surface area (Å²) in [6, 6.07) is 15.5. The van der Waals surface area contributed by atoms with Gasteiger partial charge in [-0.2, -0.15) is 0 Å². The van der Waals surface area contributed by atoms with Gasteiger partial charge in [-0.25, -0.2) is 0 Å². The highest BCUT2D eigenvalue weighted by atomic mass is 16.4. The molecule has 6 aromatic rings. The molecule has 0 saturated heterocycles. The van der Waals surface area contributed by atoms with E-state index in [1.807, 2.05) is 62.4 Å². The molecule has 0 fully saturated rings. The lowest BCUT2D eigenvalue weighted by Crippen LogP contribution is -1.76. The third kappa shape index (κ3) is 2.69. The standard InChI is InChI=1S/C22H14N4O4/c1-11-3-5-15-13(7-11)9-17(27-15)19-23-25-21(29-19)22-26-24-20(30-22)18-10-14-8-12(2)4-6-16(14)28-18/h3-10H,1-2H3. The van der Waals surface area contributed by atoms with E-state index in [9.17, 15) is 0 Å². The van der Waals surface area contributed by atoms with Crippen molar-refractivity contribution >= 4 is 21.9 Å². The molecule has 0 spiro atoms. The van der Waals surface area contributed by atoms with Gasteiger partial charge in [-0.1, -0.05) is 23.3 Å². The highest BCUT2D eigenvalue weighted by Gasteiger charge is 2.21. The van der Waals surface area contributed by atoms with Gasteiger partial charge < -0.3 is 17.7 Å². The van der Waals surface area contributed by atoms with E-state index in [2.05, 4.69) is 20.4 Å². The number of benzene rings is 2. The largest absolute Gasteiger partial charge is 0.451 e. The van der Waals surface area contributed by atoms with Gasteiger partial charge in [-0.05, 0) is 50.2 Å². The zero-order valence-corrected chi connectivity index (χ0v) is 16.0. The summed E-state index contributed by atoms with van der Waals surface area (Å²) in [6.07, 6.45) is 0. The molecule has 0 aliphatic rings. The minimum atomic E-state index is 0.104. The number of nitrogens with zero attached hydrogens (tertiary/aromatic N) is 4. The van der Waals surface area contributed by atoms with Crippen LogP contribution in [0.1, 0.15) is 11.1 Å². The van der Waals surface area contributed by atoms with Crippen LogP contribution < -0.4 is 0 Å². The van der Waals surface area contributed by atoms with Crippen molar-refractivity contribution in [1.82, 2.24) is 20.4 Å². The number of aromatic nitrogens is 4. The summed E-state index contributed by atoms with van der Waals surface area (Å²) < 4.78 is 23.0. The number of hydrogen-bond donors (Lipinski definition) is 0. The predicted octanol–water partition coefficient (Wildman–Crippen LogP) is 5.56. The lowest BCUT2D eigenvalue weighted by atomic mass is 10.2. The van der Waals surface area contributed by atoms with E-state index in [4.69, 9.17) is 17.7 Å². The van der Waals surface area contributed by atoms with E-state index in [1.165, 1.54) is 0 Å². The van der Waals surface area contributed by atoms with E-state index in [1.54, 1.807) is 0 Å². The van der Waals surface area contributed by atoms with Crippen LogP contribution in [-0.2, 0) is 0 Å². The Kier molecular flexibility index (Phi) is 3.43. The first-order chi connectivity index (χ1) is 14.6. The molecule has 8 heteroatoms. The Morgan fingerprint density at radius 1 is 0.500 bits per heavy atom. The number of aryl methyl sites for hydroxylation is 2. The topological polar surface area (TPSA) is 104 Å². The molecule has 4 aromatic heterocycles. The average molecular weight is 398 g/mol. The maximum atomic E-state index is 5.80. The Hall–Kier alpha value is -4.20. The fourth-order valence-corrected chi connectivity index (χ4v) is 3.35. The summed E-state index contributed by atoms with van der Waals surface area (Å²) in [7, 11) is 0. The summed E-state index contributed by atoms with van der Waals surface area (Å²) in [4.78, 5) is 0. The van der Waals surface area contributed by atoms with Gasteiger partial charge in [0.1, 0.15) is 11.2 Å². The minimum absolute atomic E-state index is 0.104. The molecule has 0 saturated carbocycles. The lowest BCUT2D eigenvalue weighted by Gasteiger charge is -1.89. The second kappa shape index (κ2) is 6.15. The van der Waals surface area contributed by atoms with Gasteiger partial charge in [0.25, 0.3) is 11.8 Å². The van der Waals surface area contributed by atoms with E-state index < -0.39 is 0 Å². The van der Waals surface area contributed by atoms with Crippen LogP contribution in [-0.4, -0.2) is 20.4 Å². The molecule has 4 heterocycles. The monoisotopic (exact) mass is 398 g/mol. The van der Waals surface area contributed by atoms with Crippen LogP contribution >= 0.6 is 0 Å². The second-order valence-corrected chi connectivity index (χ2v) is 7.13. The Morgan fingerprint density at radius 3 is 1.40 bits per heavy atom. The molecular weight excluding hydrogens is 384 g/mol. The van der Waals surface area contributed by atoms with Crippen LogP contribution in [0.4, 0.5) is 0 Å². The van der Waals surface area contributed by atoms with Gasteiger partial charge >= 0.3 is 11.8 Å². The van der Waals surface area contributed by atoms with Crippen LogP contribution in [0.2, 0.25) is 0 Å². The number of rotatable bonds is 3. The van der Waals surface area contributed by atoms with Crippen molar-refractivity contribution < 1.29 is 17.7 Å². The highest BCUT2D eigenvalue weighted by Crippen LogP contribution is 2.32. The van der Waals surface area contributed by atoms with Crippen molar-refractivity contribution in [3.05, 3.63) is 59.7 Å². The number of furan rings is 2. The van der Waals surface area contributed by atoms with E-state index in [0.717, 1.165) is 33.1 Å². The molecule has 0 atom stereocenters. The van der Waals surface area contributed by atoms with Crippen LogP contribution in [0, 0.1) is 13.8 Å². The molecule has 146 valence electrons. The molecule has 0 unspecified atom stereocenters. The summed E-state index contributed by atoms with van der Waals surface area (Å²) in [6.45, 7) is 4.04.